The van der Waals surface area contributed by atoms with Crippen molar-refractivity contribution in [1.29, 1.82) is 0 Å². The molecule has 0 aromatic heterocycles. The van der Waals surface area contributed by atoms with E-state index in [0.29, 0.717) is 19.1 Å². The Labute approximate surface area is 145 Å². The smallest absolute Gasteiger partial charge is 0.234 e. The number of carbonyl (C=O) groups excluding carboxylic acids is 1. The van der Waals surface area contributed by atoms with E-state index in [4.69, 9.17) is 9.47 Å². The number of likely N-dealkylation sites (N-methyl/N-ethyl adjacent to an activating group) is 1. The molecule has 2 rings (SSSR count). The molecule has 1 fully saturated rings. The summed E-state index contributed by atoms with van der Waals surface area (Å²) in [6.45, 7) is 6.08. The van der Waals surface area contributed by atoms with Crippen LogP contribution in [0, 0.1) is 0 Å². The van der Waals surface area contributed by atoms with Crippen LogP contribution >= 0.6 is 0 Å². The summed E-state index contributed by atoms with van der Waals surface area (Å²) in [4.78, 5) is 14.3. The van der Waals surface area contributed by atoms with Crippen molar-refractivity contribution in [3.63, 3.8) is 0 Å². The zero-order valence-electron chi connectivity index (χ0n) is 15.3. The van der Waals surface area contributed by atoms with Crippen LogP contribution in [0.4, 0.5) is 0 Å². The molecule has 0 unspecified atom stereocenters. The number of carbonyl (C=O) groups is 1. The van der Waals surface area contributed by atoms with Gasteiger partial charge in [0, 0.05) is 19.2 Å². The Hall–Kier alpha value is -1.59. The first-order valence-corrected chi connectivity index (χ1v) is 8.63. The highest BCUT2D eigenvalue weighted by Gasteiger charge is 2.31. The molecule has 5 heteroatoms. The predicted octanol–water partition coefficient (Wildman–Crippen LogP) is 2.24. The number of rotatable bonds is 7. The molecule has 1 amide bonds. The fourth-order valence-corrected chi connectivity index (χ4v) is 3.13. The lowest BCUT2D eigenvalue weighted by Gasteiger charge is -2.39. The van der Waals surface area contributed by atoms with E-state index in [1.807, 2.05) is 31.3 Å². The normalized spacial score (nSPS) is 20.0. The van der Waals surface area contributed by atoms with E-state index in [1.165, 1.54) is 5.56 Å². The Bertz CT molecular complexity index is 528. The topological polar surface area (TPSA) is 50.8 Å². The first-order chi connectivity index (χ1) is 11.4. The van der Waals surface area contributed by atoms with Gasteiger partial charge in [-0.1, -0.05) is 12.1 Å². The maximum absolute atomic E-state index is 12.1. The second kappa shape index (κ2) is 8.49. The van der Waals surface area contributed by atoms with Gasteiger partial charge >= 0.3 is 0 Å². The van der Waals surface area contributed by atoms with Gasteiger partial charge in [0.25, 0.3) is 0 Å². The lowest BCUT2D eigenvalue weighted by Crippen LogP contribution is -2.47. The number of nitrogens with zero attached hydrogens (tertiary/aromatic N) is 1. The molecule has 0 spiro atoms. The fraction of sp³-hybridized carbons (Fsp3) is 0.632. The van der Waals surface area contributed by atoms with Gasteiger partial charge in [-0.05, 0) is 57.9 Å². The van der Waals surface area contributed by atoms with Crippen LogP contribution in [0.2, 0.25) is 0 Å². The molecule has 1 aliphatic rings. The largest absolute Gasteiger partial charge is 0.497 e. The van der Waals surface area contributed by atoms with Crippen molar-refractivity contribution in [1.82, 2.24) is 10.2 Å². The number of methoxy groups -OCH3 is 1. The Kier molecular flexibility index (Phi) is 6.63. The molecule has 1 N–H and O–H groups in total. The van der Waals surface area contributed by atoms with Crippen LogP contribution in [0.15, 0.2) is 24.3 Å². The lowest BCUT2D eigenvalue weighted by molar-refractivity contribution is -0.124. The van der Waals surface area contributed by atoms with Crippen LogP contribution in [0.25, 0.3) is 0 Å². The van der Waals surface area contributed by atoms with Gasteiger partial charge in [-0.15, -0.1) is 0 Å². The van der Waals surface area contributed by atoms with Crippen molar-refractivity contribution in [3.8, 4) is 5.75 Å². The third-order valence-corrected chi connectivity index (χ3v) is 4.58. The third kappa shape index (κ3) is 5.80. The van der Waals surface area contributed by atoms with Gasteiger partial charge in [0.15, 0.2) is 0 Å². The number of hydrogen-bond acceptors (Lipinski definition) is 4. The first-order valence-electron chi connectivity index (χ1n) is 8.63. The van der Waals surface area contributed by atoms with Gasteiger partial charge in [0.2, 0.25) is 5.91 Å². The van der Waals surface area contributed by atoms with E-state index in [2.05, 4.69) is 24.1 Å². The second-order valence-electron chi connectivity index (χ2n) is 7.12. The SMILES string of the molecule is COc1ccc(CCNC(=O)CN(C)[C@H]2CCOC(C)(C)C2)cc1. The van der Waals surface area contributed by atoms with Gasteiger partial charge in [-0.2, -0.15) is 0 Å². The summed E-state index contributed by atoms with van der Waals surface area (Å²) in [6.07, 6.45) is 2.77. The monoisotopic (exact) mass is 334 g/mol. The molecule has 1 aromatic carbocycles. The van der Waals surface area contributed by atoms with Crippen molar-refractivity contribution in [3.05, 3.63) is 29.8 Å². The Morgan fingerprint density at radius 2 is 2.08 bits per heavy atom. The summed E-state index contributed by atoms with van der Waals surface area (Å²) >= 11 is 0. The van der Waals surface area contributed by atoms with Crippen molar-refractivity contribution in [2.45, 2.75) is 44.8 Å². The van der Waals surface area contributed by atoms with Crippen molar-refractivity contribution < 1.29 is 14.3 Å². The Balaban J connectivity index is 1.70. The Morgan fingerprint density at radius 1 is 1.38 bits per heavy atom. The number of hydrogen-bond donors (Lipinski definition) is 1. The highest BCUT2D eigenvalue weighted by Crippen LogP contribution is 2.26. The third-order valence-electron chi connectivity index (χ3n) is 4.58. The molecule has 24 heavy (non-hydrogen) atoms. The van der Waals surface area contributed by atoms with E-state index < -0.39 is 0 Å². The molecule has 1 saturated heterocycles. The molecule has 134 valence electrons. The van der Waals surface area contributed by atoms with Crippen LogP contribution in [-0.2, 0) is 16.0 Å². The molecule has 1 atom stereocenters. The van der Waals surface area contributed by atoms with Crippen LogP contribution in [-0.4, -0.2) is 56.3 Å². The summed E-state index contributed by atoms with van der Waals surface area (Å²) in [5.74, 6) is 0.930. The van der Waals surface area contributed by atoms with E-state index in [-0.39, 0.29) is 11.5 Å². The minimum Gasteiger partial charge on any atom is -0.497 e. The van der Waals surface area contributed by atoms with Crippen molar-refractivity contribution in [2.75, 3.05) is 33.9 Å². The average Bonchev–Trinajstić information content (AvgIpc) is 2.54. The minimum absolute atomic E-state index is 0.0790. The highest BCUT2D eigenvalue weighted by atomic mass is 16.5. The number of amides is 1. The first kappa shape index (κ1) is 18.7. The highest BCUT2D eigenvalue weighted by molar-refractivity contribution is 5.78. The molecule has 0 bridgehead atoms. The summed E-state index contributed by atoms with van der Waals surface area (Å²) < 4.78 is 10.9. The van der Waals surface area contributed by atoms with Crippen LogP contribution in [0.1, 0.15) is 32.3 Å². The van der Waals surface area contributed by atoms with Crippen LogP contribution in [0.3, 0.4) is 0 Å². The zero-order valence-corrected chi connectivity index (χ0v) is 15.3. The molecule has 0 radical (unpaired) electrons. The molecule has 0 aliphatic carbocycles. The molecule has 5 nitrogen and oxygen atoms in total. The number of benzene rings is 1. The average molecular weight is 334 g/mol. The van der Waals surface area contributed by atoms with Gasteiger partial charge in [-0.25, -0.2) is 0 Å². The second-order valence-corrected chi connectivity index (χ2v) is 7.12. The van der Waals surface area contributed by atoms with Gasteiger partial charge in [0.05, 0.1) is 19.3 Å². The molecule has 1 aliphatic heterocycles. The summed E-state index contributed by atoms with van der Waals surface area (Å²) in [5, 5.41) is 3.01. The van der Waals surface area contributed by atoms with Crippen LogP contribution in [0.5, 0.6) is 5.75 Å². The van der Waals surface area contributed by atoms with E-state index in [1.54, 1.807) is 7.11 Å². The standard InChI is InChI=1S/C19H30N2O3/c1-19(2)13-16(10-12-24-19)21(3)14-18(22)20-11-9-15-5-7-17(23-4)8-6-15/h5-8,16H,9-14H2,1-4H3,(H,20,22)/t16-/m0/s1. The predicted molar refractivity (Wildman–Crippen MR) is 95.4 cm³/mol. The van der Waals surface area contributed by atoms with Crippen LogP contribution < -0.4 is 10.1 Å². The van der Waals surface area contributed by atoms with Crippen molar-refractivity contribution in [2.24, 2.45) is 0 Å². The fourth-order valence-electron chi connectivity index (χ4n) is 3.13. The maximum Gasteiger partial charge on any atom is 0.234 e. The number of ether oxygens (including phenoxy) is 2. The Morgan fingerprint density at radius 3 is 2.71 bits per heavy atom. The summed E-state index contributed by atoms with van der Waals surface area (Å²) in [5.41, 5.74) is 1.10. The van der Waals surface area contributed by atoms with E-state index in [9.17, 15) is 4.79 Å². The van der Waals surface area contributed by atoms with Gasteiger partial charge < -0.3 is 14.8 Å². The molecule has 0 saturated carbocycles. The summed E-state index contributed by atoms with van der Waals surface area (Å²) in [7, 11) is 3.68. The summed E-state index contributed by atoms with van der Waals surface area (Å²) in [6, 6.07) is 8.35. The van der Waals surface area contributed by atoms with E-state index >= 15 is 0 Å². The lowest BCUT2D eigenvalue weighted by atomic mass is 9.93. The zero-order chi connectivity index (χ0) is 17.6. The quantitative estimate of drug-likeness (QED) is 0.831. The molecular weight excluding hydrogens is 304 g/mol. The van der Waals surface area contributed by atoms with E-state index in [0.717, 1.165) is 31.6 Å². The molecule has 1 heterocycles. The minimum atomic E-state index is -0.0952. The van der Waals surface area contributed by atoms with Gasteiger partial charge in [-0.3, -0.25) is 9.69 Å². The maximum atomic E-state index is 12.1. The van der Waals surface area contributed by atoms with Gasteiger partial charge in [0.1, 0.15) is 5.75 Å². The number of nitrogens with one attached hydrogen (secondary N) is 1. The van der Waals surface area contributed by atoms with Crippen molar-refractivity contribution >= 4 is 5.91 Å². The molecule has 1 aromatic rings. The molecular formula is C19H30N2O3.